The summed E-state index contributed by atoms with van der Waals surface area (Å²) in [5, 5.41) is 10.3. The lowest BCUT2D eigenvalue weighted by atomic mass is 9.88. The molecule has 11 heteroatoms. The zero-order chi connectivity index (χ0) is 30.4. The monoisotopic (exact) mass is 618 g/mol. The van der Waals surface area contributed by atoms with E-state index in [0.29, 0.717) is 47.6 Å². The predicted molar refractivity (Wildman–Crippen MR) is 164 cm³/mol. The number of likely N-dealkylation sites (tertiary alicyclic amines) is 1. The lowest BCUT2D eigenvalue weighted by Crippen LogP contribution is -2.35. The molecule has 2 aromatic heterocycles. The Morgan fingerprint density at radius 2 is 1.98 bits per heavy atom. The van der Waals surface area contributed by atoms with E-state index in [0.717, 1.165) is 67.4 Å². The normalized spacial score (nSPS) is 21.8. The number of aromatic carboxylic acids is 1. The molecule has 3 aliphatic rings. The first kappa shape index (κ1) is 28.9. The summed E-state index contributed by atoms with van der Waals surface area (Å²) in [6, 6.07) is 13.0. The van der Waals surface area contributed by atoms with E-state index in [1.165, 1.54) is 0 Å². The number of hydrogen-bond acceptors (Lipinski definition) is 8. The number of nitrogens with zero attached hydrogens (tertiary/aromatic N) is 4. The lowest BCUT2D eigenvalue weighted by molar-refractivity contribution is -0.0722. The Labute approximate surface area is 260 Å². The summed E-state index contributed by atoms with van der Waals surface area (Å²) in [6.07, 6.45) is 4.58. The first-order valence-corrected chi connectivity index (χ1v) is 15.5. The number of imidazole rings is 1. The minimum Gasteiger partial charge on any atom is -0.492 e. The summed E-state index contributed by atoms with van der Waals surface area (Å²) in [4.78, 5) is 23.8. The number of carboxylic acids is 1. The van der Waals surface area contributed by atoms with Crippen molar-refractivity contribution in [3.63, 3.8) is 0 Å². The number of pyridine rings is 1. The van der Waals surface area contributed by atoms with Gasteiger partial charge in [-0.2, -0.15) is 0 Å². The number of fused-ring (bicyclic) bond motifs is 2. The van der Waals surface area contributed by atoms with Crippen molar-refractivity contribution in [1.82, 2.24) is 19.4 Å². The number of rotatable bonds is 9. The Kier molecular flexibility index (Phi) is 7.60. The summed E-state index contributed by atoms with van der Waals surface area (Å²) >= 11 is 6.05. The molecule has 1 unspecified atom stereocenters. The first-order chi connectivity index (χ1) is 21.3. The summed E-state index contributed by atoms with van der Waals surface area (Å²) in [5.41, 5.74) is 3.46. The van der Waals surface area contributed by atoms with Gasteiger partial charge in [0.2, 0.25) is 0 Å². The standard InChI is InChI=1S/C33H35ClN4O6/c1-3-41-27-16-21(32(39)40)15-25-30(27)36-29(38(25)18-23-11-14-42-23)19-37-12-9-20(10-13-37)24-5-4-6-26-31(24)44-33(2,43-26)28-8-7-22(34)17-35-28/h4-8,15-17,20,23H,3,9-14,18-19H2,1-2H3,(H,39,40)/t23-,33?/m0/s1. The third-order valence-corrected chi connectivity index (χ3v) is 9.04. The molecule has 2 saturated heterocycles. The summed E-state index contributed by atoms with van der Waals surface area (Å²) in [6.45, 7) is 7.98. The third-order valence-electron chi connectivity index (χ3n) is 8.82. The van der Waals surface area contributed by atoms with Crippen LogP contribution in [-0.2, 0) is 23.6 Å². The van der Waals surface area contributed by atoms with Gasteiger partial charge in [-0.25, -0.2) is 9.78 Å². The Balaban J connectivity index is 1.10. The number of carboxylic acid groups (broad SMARTS) is 1. The van der Waals surface area contributed by atoms with E-state index < -0.39 is 11.8 Å². The number of halogens is 1. The van der Waals surface area contributed by atoms with E-state index in [4.69, 9.17) is 35.5 Å². The number of piperidine rings is 1. The number of hydrogen-bond donors (Lipinski definition) is 1. The van der Waals surface area contributed by atoms with E-state index in [9.17, 15) is 9.90 Å². The van der Waals surface area contributed by atoms with Gasteiger partial charge >= 0.3 is 5.97 Å². The molecule has 1 N–H and O–H groups in total. The molecule has 7 rings (SSSR count). The number of para-hydroxylation sites is 1. The molecule has 0 radical (unpaired) electrons. The fourth-order valence-electron chi connectivity index (χ4n) is 6.41. The molecular weight excluding hydrogens is 584 g/mol. The second-order valence-corrected chi connectivity index (χ2v) is 12.2. The van der Waals surface area contributed by atoms with Gasteiger partial charge in [-0.1, -0.05) is 23.7 Å². The molecule has 2 fully saturated rings. The van der Waals surface area contributed by atoms with Crippen LogP contribution in [0.25, 0.3) is 11.0 Å². The van der Waals surface area contributed by atoms with E-state index >= 15 is 0 Å². The second-order valence-electron chi connectivity index (χ2n) is 11.7. The van der Waals surface area contributed by atoms with Crippen LogP contribution < -0.4 is 14.2 Å². The van der Waals surface area contributed by atoms with Crippen LogP contribution in [0.15, 0.2) is 48.7 Å². The van der Waals surface area contributed by atoms with Crippen molar-refractivity contribution in [2.24, 2.45) is 0 Å². The summed E-state index contributed by atoms with van der Waals surface area (Å²) < 4.78 is 26.5. The van der Waals surface area contributed by atoms with Crippen molar-refractivity contribution < 1.29 is 28.8 Å². The Morgan fingerprint density at radius 3 is 2.66 bits per heavy atom. The molecule has 3 aliphatic heterocycles. The maximum Gasteiger partial charge on any atom is 0.335 e. The van der Waals surface area contributed by atoms with Crippen molar-refractivity contribution in [3.05, 3.63) is 76.3 Å². The minimum atomic E-state index is -1.02. The maximum absolute atomic E-state index is 11.9. The number of benzene rings is 2. The van der Waals surface area contributed by atoms with Crippen LogP contribution >= 0.6 is 11.6 Å². The molecule has 4 aromatic rings. The van der Waals surface area contributed by atoms with Crippen LogP contribution in [0.1, 0.15) is 66.5 Å². The summed E-state index contributed by atoms with van der Waals surface area (Å²) in [5.74, 6) is 1.20. The quantitative estimate of drug-likeness (QED) is 0.242. The molecule has 0 saturated carbocycles. The Morgan fingerprint density at radius 1 is 1.16 bits per heavy atom. The van der Waals surface area contributed by atoms with Crippen LogP contribution in [-0.4, -0.2) is 62.9 Å². The van der Waals surface area contributed by atoms with Crippen LogP contribution in [0.2, 0.25) is 5.02 Å². The van der Waals surface area contributed by atoms with Gasteiger partial charge in [0.05, 0.1) is 41.9 Å². The highest BCUT2D eigenvalue weighted by molar-refractivity contribution is 6.30. The van der Waals surface area contributed by atoms with E-state index in [2.05, 4.69) is 20.5 Å². The molecule has 0 amide bonds. The van der Waals surface area contributed by atoms with Crippen LogP contribution in [0.5, 0.6) is 17.2 Å². The smallest absolute Gasteiger partial charge is 0.335 e. The van der Waals surface area contributed by atoms with Gasteiger partial charge in [-0.3, -0.25) is 9.88 Å². The molecule has 0 bridgehead atoms. The number of ether oxygens (including phenoxy) is 4. The molecule has 2 aromatic carbocycles. The second kappa shape index (κ2) is 11.6. The van der Waals surface area contributed by atoms with Crippen LogP contribution in [0.3, 0.4) is 0 Å². The maximum atomic E-state index is 11.9. The third kappa shape index (κ3) is 5.35. The SMILES string of the molecule is CCOc1cc(C(=O)O)cc2c1nc(CN1CCC(c3cccc4c3OC(C)(c3ccc(Cl)cn3)O4)CC1)n2C[C@@H]1CCO1. The molecular formula is C33H35ClN4O6. The first-order valence-electron chi connectivity index (χ1n) is 15.2. The van der Waals surface area contributed by atoms with Crippen LogP contribution in [0, 0.1) is 0 Å². The zero-order valence-electron chi connectivity index (χ0n) is 24.8. The van der Waals surface area contributed by atoms with Gasteiger partial charge in [0.1, 0.15) is 22.8 Å². The van der Waals surface area contributed by atoms with E-state index in [1.54, 1.807) is 24.4 Å². The number of aromatic nitrogens is 3. The van der Waals surface area contributed by atoms with E-state index in [-0.39, 0.29) is 11.7 Å². The highest BCUT2D eigenvalue weighted by Crippen LogP contribution is 2.49. The zero-order valence-corrected chi connectivity index (χ0v) is 25.5. The van der Waals surface area contributed by atoms with Crippen LogP contribution in [0.4, 0.5) is 0 Å². The van der Waals surface area contributed by atoms with Crippen molar-refractivity contribution >= 4 is 28.6 Å². The largest absolute Gasteiger partial charge is 0.492 e. The van der Waals surface area contributed by atoms with Gasteiger partial charge in [0.25, 0.3) is 5.79 Å². The van der Waals surface area contributed by atoms with Gasteiger partial charge in [0, 0.05) is 25.3 Å². The summed E-state index contributed by atoms with van der Waals surface area (Å²) in [7, 11) is 0. The lowest BCUT2D eigenvalue weighted by Gasteiger charge is -2.33. The fourth-order valence-corrected chi connectivity index (χ4v) is 6.52. The fraction of sp³-hybridized carbons (Fsp3) is 0.424. The topological polar surface area (TPSA) is 108 Å². The molecule has 0 spiro atoms. The highest BCUT2D eigenvalue weighted by Gasteiger charge is 2.42. The average molecular weight is 619 g/mol. The Bertz CT molecular complexity index is 1700. The van der Waals surface area contributed by atoms with Gasteiger partial charge in [-0.05, 0) is 75.5 Å². The van der Waals surface area contributed by atoms with Crippen molar-refractivity contribution in [2.75, 3.05) is 26.3 Å². The molecule has 10 nitrogen and oxygen atoms in total. The van der Waals surface area contributed by atoms with Gasteiger partial charge in [0.15, 0.2) is 11.5 Å². The van der Waals surface area contributed by atoms with Gasteiger partial charge < -0.3 is 28.6 Å². The molecule has 230 valence electrons. The van der Waals surface area contributed by atoms with Crippen molar-refractivity contribution in [1.29, 1.82) is 0 Å². The van der Waals surface area contributed by atoms with Crippen molar-refractivity contribution in [2.45, 2.75) is 64.0 Å². The highest BCUT2D eigenvalue weighted by atomic mass is 35.5. The average Bonchev–Trinajstić information content (AvgIpc) is 3.53. The molecule has 5 heterocycles. The Hall–Kier alpha value is -3.86. The van der Waals surface area contributed by atoms with Gasteiger partial charge in [-0.15, -0.1) is 0 Å². The van der Waals surface area contributed by atoms with Crippen molar-refractivity contribution in [3.8, 4) is 17.2 Å². The molecule has 0 aliphatic carbocycles. The molecule has 44 heavy (non-hydrogen) atoms. The van der Waals surface area contributed by atoms with E-state index in [1.807, 2.05) is 32.0 Å². The predicted octanol–water partition coefficient (Wildman–Crippen LogP) is 5.99. The number of carbonyl (C=O) groups is 1. The molecule has 2 atom stereocenters. The minimum absolute atomic E-state index is 0.0945.